The monoisotopic (exact) mass is 335 g/mol. The van der Waals surface area contributed by atoms with Crippen molar-refractivity contribution in [3.8, 4) is 0 Å². The van der Waals surface area contributed by atoms with Gasteiger partial charge in [-0.25, -0.2) is 9.97 Å². The Morgan fingerprint density at radius 1 is 1.14 bits per heavy atom. The second kappa shape index (κ2) is 5.13. The summed E-state index contributed by atoms with van der Waals surface area (Å²) in [6.45, 7) is 0. The Labute approximate surface area is 135 Å². The third kappa shape index (κ3) is 2.27. The number of fused-ring (bicyclic) bond motifs is 3. The van der Waals surface area contributed by atoms with Crippen molar-refractivity contribution in [3.63, 3.8) is 0 Å². The number of benzene rings is 1. The highest BCUT2D eigenvalue weighted by Gasteiger charge is 2.21. The molecular weight excluding hydrogens is 325 g/mol. The standard InChI is InChI=1S/C15H11Cl2N3S/c16-8-4-5-10(17)11(6-8)20-14-13-9-2-1-3-12(9)21-15(13)19-7-18-14/h4-7H,1-3H2,(H,18,19,20). The maximum absolute atomic E-state index is 6.23. The molecule has 21 heavy (non-hydrogen) atoms. The number of anilines is 2. The van der Waals surface area contributed by atoms with E-state index >= 15 is 0 Å². The first kappa shape index (κ1) is 13.3. The molecule has 0 unspecified atom stereocenters. The average Bonchev–Trinajstić information content (AvgIpc) is 3.03. The highest BCUT2D eigenvalue weighted by molar-refractivity contribution is 7.19. The molecule has 0 spiro atoms. The van der Waals surface area contributed by atoms with Crippen molar-refractivity contribution in [3.05, 3.63) is 45.0 Å². The van der Waals surface area contributed by atoms with Crippen LogP contribution in [-0.4, -0.2) is 9.97 Å². The Hall–Kier alpha value is -1.36. The maximum atomic E-state index is 6.23. The zero-order valence-electron chi connectivity index (χ0n) is 11.0. The lowest BCUT2D eigenvalue weighted by molar-refractivity contribution is 0.917. The quantitative estimate of drug-likeness (QED) is 0.696. The molecule has 6 heteroatoms. The molecular formula is C15H11Cl2N3S. The average molecular weight is 336 g/mol. The third-order valence-electron chi connectivity index (χ3n) is 3.68. The first-order chi connectivity index (χ1) is 10.2. The lowest BCUT2D eigenvalue weighted by Gasteiger charge is -2.09. The molecule has 2 heterocycles. The Balaban J connectivity index is 1.85. The van der Waals surface area contributed by atoms with Gasteiger partial charge in [0.25, 0.3) is 0 Å². The number of thiophene rings is 1. The Morgan fingerprint density at radius 3 is 2.95 bits per heavy atom. The van der Waals surface area contributed by atoms with E-state index in [1.165, 1.54) is 16.9 Å². The predicted octanol–water partition coefficient (Wildman–Crippen LogP) is 5.23. The summed E-state index contributed by atoms with van der Waals surface area (Å²) in [6, 6.07) is 5.36. The van der Waals surface area contributed by atoms with Gasteiger partial charge in [0.1, 0.15) is 17.0 Å². The van der Waals surface area contributed by atoms with Crippen LogP contribution in [0.15, 0.2) is 24.5 Å². The fraction of sp³-hybridized carbons (Fsp3) is 0.200. The van der Waals surface area contributed by atoms with E-state index in [9.17, 15) is 0 Å². The lowest BCUT2D eigenvalue weighted by Crippen LogP contribution is -1.96. The predicted molar refractivity (Wildman–Crippen MR) is 89.2 cm³/mol. The largest absolute Gasteiger partial charge is 0.338 e. The number of hydrogen-bond donors (Lipinski definition) is 1. The van der Waals surface area contributed by atoms with E-state index < -0.39 is 0 Å². The number of aryl methyl sites for hydroxylation is 2. The van der Waals surface area contributed by atoms with Crippen LogP contribution >= 0.6 is 34.5 Å². The van der Waals surface area contributed by atoms with Crippen molar-refractivity contribution >= 4 is 56.3 Å². The van der Waals surface area contributed by atoms with E-state index in [0.717, 1.165) is 34.6 Å². The van der Waals surface area contributed by atoms with Gasteiger partial charge in [-0.2, -0.15) is 0 Å². The van der Waals surface area contributed by atoms with Crippen LogP contribution in [0.5, 0.6) is 0 Å². The third-order valence-corrected chi connectivity index (χ3v) is 5.45. The molecule has 0 aliphatic heterocycles. The molecule has 3 nitrogen and oxygen atoms in total. The summed E-state index contributed by atoms with van der Waals surface area (Å²) in [4.78, 5) is 11.3. The van der Waals surface area contributed by atoms with Crippen LogP contribution in [0.2, 0.25) is 10.0 Å². The maximum Gasteiger partial charge on any atom is 0.142 e. The summed E-state index contributed by atoms with van der Waals surface area (Å²) in [5.74, 6) is 0.809. The molecule has 106 valence electrons. The van der Waals surface area contributed by atoms with Gasteiger partial charge in [-0.05, 0) is 43.0 Å². The summed E-state index contributed by atoms with van der Waals surface area (Å²) < 4.78 is 0. The van der Waals surface area contributed by atoms with Gasteiger partial charge in [-0.15, -0.1) is 11.3 Å². The van der Waals surface area contributed by atoms with Crippen LogP contribution in [0.3, 0.4) is 0 Å². The number of halogens is 2. The molecule has 1 aliphatic carbocycles. The topological polar surface area (TPSA) is 37.8 Å². The lowest BCUT2D eigenvalue weighted by atomic mass is 10.2. The van der Waals surface area contributed by atoms with Crippen molar-refractivity contribution in [2.45, 2.75) is 19.3 Å². The second-order valence-corrected chi connectivity index (χ2v) is 6.94. The summed E-state index contributed by atoms with van der Waals surface area (Å²) in [5, 5.41) is 5.71. The zero-order valence-corrected chi connectivity index (χ0v) is 13.3. The van der Waals surface area contributed by atoms with E-state index in [1.807, 2.05) is 6.07 Å². The van der Waals surface area contributed by atoms with Gasteiger partial charge in [0.2, 0.25) is 0 Å². The van der Waals surface area contributed by atoms with E-state index in [1.54, 1.807) is 29.8 Å². The molecule has 3 aromatic rings. The van der Waals surface area contributed by atoms with Crippen LogP contribution < -0.4 is 5.32 Å². The molecule has 0 atom stereocenters. The molecule has 0 bridgehead atoms. The first-order valence-corrected chi connectivity index (χ1v) is 8.27. The first-order valence-electron chi connectivity index (χ1n) is 6.69. The molecule has 1 aliphatic rings. The minimum Gasteiger partial charge on any atom is -0.338 e. The smallest absolute Gasteiger partial charge is 0.142 e. The van der Waals surface area contributed by atoms with Crippen LogP contribution in [0, 0.1) is 0 Å². The van der Waals surface area contributed by atoms with Crippen molar-refractivity contribution in [1.29, 1.82) is 0 Å². The number of nitrogens with one attached hydrogen (secondary N) is 1. The fourth-order valence-corrected chi connectivity index (χ4v) is 4.31. The molecule has 1 N–H and O–H groups in total. The van der Waals surface area contributed by atoms with Gasteiger partial charge >= 0.3 is 0 Å². The summed E-state index contributed by atoms with van der Waals surface area (Å²) in [5.41, 5.74) is 2.15. The van der Waals surface area contributed by atoms with Gasteiger partial charge in [0.15, 0.2) is 0 Å². The Kier molecular flexibility index (Phi) is 3.25. The molecule has 0 fully saturated rings. The molecule has 2 aromatic heterocycles. The Bertz CT molecular complexity index is 844. The van der Waals surface area contributed by atoms with Crippen LogP contribution in [0.25, 0.3) is 10.2 Å². The highest BCUT2D eigenvalue weighted by atomic mass is 35.5. The minimum atomic E-state index is 0.623. The van der Waals surface area contributed by atoms with Gasteiger partial charge in [0, 0.05) is 9.90 Å². The summed E-state index contributed by atoms with van der Waals surface area (Å²) in [7, 11) is 0. The number of aromatic nitrogens is 2. The normalized spacial score (nSPS) is 13.6. The van der Waals surface area contributed by atoms with Crippen molar-refractivity contribution in [2.24, 2.45) is 0 Å². The van der Waals surface area contributed by atoms with E-state index in [-0.39, 0.29) is 0 Å². The number of rotatable bonds is 2. The number of nitrogens with zero attached hydrogens (tertiary/aromatic N) is 2. The molecule has 0 amide bonds. The Morgan fingerprint density at radius 2 is 2.05 bits per heavy atom. The van der Waals surface area contributed by atoms with Gasteiger partial charge < -0.3 is 5.32 Å². The SMILES string of the molecule is Clc1ccc(Cl)c(Nc2ncnc3sc4c(c23)CCC4)c1. The fourth-order valence-electron chi connectivity index (χ4n) is 2.74. The molecule has 0 radical (unpaired) electrons. The molecule has 4 rings (SSSR count). The van der Waals surface area contributed by atoms with E-state index in [0.29, 0.717) is 10.0 Å². The van der Waals surface area contributed by atoms with Gasteiger partial charge in [-0.1, -0.05) is 23.2 Å². The van der Waals surface area contributed by atoms with Crippen molar-refractivity contribution < 1.29 is 0 Å². The zero-order chi connectivity index (χ0) is 14.4. The highest BCUT2D eigenvalue weighted by Crippen LogP contribution is 2.40. The molecule has 0 saturated carbocycles. The van der Waals surface area contributed by atoms with E-state index in [4.69, 9.17) is 23.2 Å². The molecule has 1 aromatic carbocycles. The van der Waals surface area contributed by atoms with Crippen LogP contribution in [0.1, 0.15) is 16.9 Å². The van der Waals surface area contributed by atoms with E-state index in [2.05, 4.69) is 15.3 Å². The van der Waals surface area contributed by atoms with Crippen molar-refractivity contribution in [1.82, 2.24) is 9.97 Å². The van der Waals surface area contributed by atoms with Gasteiger partial charge in [0.05, 0.1) is 16.1 Å². The minimum absolute atomic E-state index is 0.623. The number of hydrogen-bond acceptors (Lipinski definition) is 4. The second-order valence-electron chi connectivity index (χ2n) is 5.01. The van der Waals surface area contributed by atoms with Crippen LogP contribution in [-0.2, 0) is 12.8 Å². The molecule has 0 saturated heterocycles. The summed E-state index contributed by atoms with van der Waals surface area (Å²) >= 11 is 14.0. The van der Waals surface area contributed by atoms with Crippen LogP contribution in [0.4, 0.5) is 11.5 Å². The summed E-state index contributed by atoms with van der Waals surface area (Å²) in [6.07, 6.45) is 5.05. The van der Waals surface area contributed by atoms with Crippen molar-refractivity contribution in [2.75, 3.05) is 5.32 Å². The van der Waals surface area contributed by atoms with Gasteiger partial charge in [-0.3, -0.25) is 0 Å².